The minimum atomic E-state index is -0.356. The van der Waals surface area contributed by atoms with Crippen molar-refractivity contribution in [3.63, 3.8) is 0 Å². The van der Waals surface area contributed by atoms with E-state index in [1.165, 1.54) is 6.07 Å². The molecule has 0 spiro atoms. The van der Waals surface area contributed by atoms with Gasteiger partial charge in [0.25, 0.3) is 0 Å². The first-order chi connectivity index (χ1) is 9.10. The van der Waals surface area contributed by atoms with Crippen LogP contribution in [-0.4, -0.2) is 6.54 Å². The molecule has 0 aliphatic carbocycles. The predicted octanol–water partition coefficient (Wildman–Crippen LogP) is 4.35. The fourth-order valence-electron chi connectivity index (χ4n) is 1.83. The van der Waals surface area contributed by atoms with Crippen LogP contribution < -0.4 is 11.1 Å². The smallest absolute Gasteiger partial charge is 0.130 e. The Morgan fingerprint density at radius 2 is 2.05 bits per heavy atom. The summed E-state index contributed by atoms with van der Waals surface area (Å²) in [6.45, 7) is 0.283. The maximum absolute atomic E-state index is 13.9. The second-order valence-corrected chi connectivity index (χ2v) is 5.46. The Morgan fingerprint density at radius 1 is 1.26 bits per heavy atom. The van der Waals surface area contributed by atoms with Gasteiger partial charge in [-0.2, -0.15) is 0 Å². The number of rotatable bonds is 4. The van der Waals surface area contributed by atoms with E-state index < -0.39 is 0 Å². The molecule has 0 saturated heterocycles. The number of benzene rings is 2. The lowest BCUT2D eigenvalue weighted by Crippen LogP contribution is -2.21. The molecule has 2 aromatic carbocycles. The molecule has 0 aliphatic heterocycles. The van der Waals surface area contributed by atoms with Crippen molar-refractivity contribution in [2.45, 2.75) is 6.04 Å². The third-order valence-electron chi connectivity index (χ3n) is 2.74. The molecule has 0 radical (unpaired) electrons. The van der Waals surface area contributed by atoms with Crippen LogP contribution in [0.15, 0.2) is 46.9 Å². The SMILES string of the molecule is NCC(Nc1cccc(Br)c1)c1ccc(Cl)cc1F. The van der Waals surface area contributed by atoms with Crippen LogP contribution in [0.5, 0.6) is 0 Å². The number of nitrogens with one attached hydrogen (secondary N) is 1. The quantitative estimate of drug-likeness (QED) is 0.866. The van der Waals surface area contributed by atoms with Crippen LogP contribution >= 0.6 is 27.5 Å². The van der Waals surface area contributed by atoms with Crippen molar-refractivity contribution in [3.05, 3.63) is 63.3 Å². The molecule has 0 aliphatic rings. The van der Waals surface area contributed by atoms with Crippen molar-refractivity contribution in [3.8, 4) is 0 Å². The Kier molecular flexibility index (Phi) is 4.80. The number of hydrogen-bond donors (Lipinski definition) is 2. The summed E-state index contributed by atoms with van der Waals surface area (Å²) in [5.74, 6) is -0.356. The fourth-order valence-corrected chi connectivity index (χ4v) is 2.39. The highest BCUT2D eigenvalue weighted by atomic mass is 79.9. The van der Waals surface area contributed by atoms with E-state index in [1.807, 2.05) is 24.3 Å². The summed E-state index contributed by atoms with van der Waals surface area (Å²) < 4.78 is 14.8. The van der Waals surface area contributed by atoms with E-state index in [9.17, 15) is 4.39 Å². The minimum Gasteiger partial charge on any atom is -0.377 e. The zero-order valence-electron chi connectivity index (χ0n) is 10.0. The maximum atomic E-state index is 13.9. The largest absolute Gasteiger partial charge is 0.377 e. The standard InChI is InChI=1S/C14H13BrClFN2/c15-9-2-1-3-11(6-9)19-14(8-18)12-5-4-10(16)7-13(12)17/h1-7,14,19H,8,18H2. The molecule has 100 valence electrons. The van der Waals surface area contributed by atoms with Gasteiger partial charge in [0.05, 0.1) is 6.04 Å². The average molecular weight is 344 g/mol. The molecule has 2 nitrogen and oxygen atoms in total. The summed E-state index contributed by atoms with van der Waals surface area (Å²) >= 11 is 9.14. The number of hydrogen-bond acceptors (Lipinski definition) is 2. The van der Waals surface area contributed by atoms with E-state index in [2.05, 4.69) is 21.2 Å². The van der Waals surface area contributed by atoms with E-state index >= 15 is 0 Å². The lowest BCUT2D eigenvalue weighted by atomic mass is 10.1. The number of anilines is 1. The van der Waals surface area contributed by atoms with Gasteiger partial charge in [0, 0.05) is 27.3 Å². The maximum Gasteiger partial charge on any atom is 0.130 e. The molecule has 0 heterocycles. The molecular weight excluding hydrogens is 331 g/mol. The van der Waals surface area contributed by atoms with Gasteiger partial charge in [-0.1, -0.05) is 39.7 Å². The second kappa shape index (κ2) is 6.37. The average Bonchev–Trinajstić information content (AvgIpc) is 2.37. The van der Waals surface area contributed by atoms with Gasteiger partial charge in [0.15, 0.2) is 0 Å². The normalized spacial score (nSPS) is 12.2. The van der Waals surface area contributed by atoms with E-state index in [0.717, 1.165) is 10.2 Å². The van der Waals surface area contributed by atoms with Crippen molar-refractivity contribution in [2.75, 3.05) is 11.9 Å². The summed E-state index contributed by atoms with van der Waals surface area (Å²) in [7, 11) is 0. The molecule has 0 bridgehead atoms. The zero-order valence-corrected chi connectivity index (χ0v) is 12.4. The Balaban J connectivity index is 2.25. The first kappa shape index (κ1) is 14.3. The van der Waals surface area contributed by atoms with Gasteiger partial charge in [-0.25, -0.2) is 4.39 Å². The van der Waals surface area contributed by atoms with Crippen molar-refractivity contribution < 1.29 is 4.39 Å². The van der Waals surface area contributed by atoms with E-state index in [-0.39, 0.29) is 18.4 Å². The third kappa shape index (κ3) is 3.69. The van der Waals surface area contributed by atoms with Gasteiger partial charge in [-0.05, 0) is 30.3 Å². The van der Waals surface area contributed by atoms with Crippen LogP contribution in [0.3, 0.4) is 0 Å². The second-order valence-electron chi connectivity index (χ2n) is 4.11. The van der Waals surface area contributed by atoms with Gasteiger partial charge >= 0.3 is 0 Å². The molecule has 5 heteroatoms. The van der Waals surface area contributed by atoms with Crippen LogP contribution in [0.4, 0.5) is 10.1 Å². The first-order valence-corrected chi connectivity index (χ1v) is 6.94. The topological polar surface area (TPSA) is 38.0 Å². The number of halogens is 3. The van der Waals surface area contributed by atoms with Crippen molar-refractivity contribution in [1.29, 1.82) is 0 Å². The molecule has 2 rings (SSSR count). The number of nitrogens with two attached hydrogens (primary N) is 1. The van der Waals surface area contributed by atoms with E-state index in [1.54, 1.807) is 12.1 Å². The monoisotopic (exact) mass is 342 g/mol. The highest BCUT2D eigenvalue weighted by Crippen LogP contribution is 2.25. The first-order valence-electron chi connectivity index (χ1n) is 5.77. The van der Waals surface area contributed by atoms with Gasteiger partial charge in [-0.3, -0.25) is 0 Å². The van der Waals surface area contributed by atoms with Crippen LogP contribution in [0.25, 0.3) is 0 Å². The summed E-state index contributed by atoms with van der Waals surface area (Å²) in [6, 6.07) is 11.9. The Morgan fingerprint density at radius 3 is 2.68 bits per heavy atom. The minimum absolute atomic E-state index is 0.283. The van der Waals surface area contributed by atoms with Gasteiger partial charge < -0.3 is 11.1 Å². The van der Waals surface area contributed by atoms with Gasteiger partial charge in [-0.15, -0.1) is 0 Å². The molecule has 19 heavy (non-hydrogen) atoms. The van der Waals surface area contributed by atoms with Crippen LogP contribution in [0, 0.1) is 5.82 Å². The summed E-state index contributed by atoms with van der Waals surface area (Å²) in [5, 5.41) is 3.58. The molecule has 2 aromatic rings. The zero-order chi connectivity index (χ0) is 13.8. The summed E-state index contributed by atoms with van der Waals surface area (Å²) in [5.41, 5.74) is 7.10. The summed E-state index contributed by atoms with van der Waals surface area (Å²) in [6.07, 6.45) is 0. The van der Waals surface area contributed by atoms with Crippen molar-refractivity contribution in [2.24, 2.45) is 5.73 Å². The molecule has 0 aromatic heterocycles. The molecule has 0 amide bonds. The van der Waals surface area contributed by atoms with E-state index in [0.29, 0.717) is 10.6 Å². The summed E-state index contributed by atoms with van der Waals surface area (Å²) in [4.78, 5) is 0. The lowest BCUT2D eigenvalue weighted by Gasteiger charge is -2.19. The van der Waals surface area contributed by atoms with Crippen molar-refractivity contribution in [1.82, 2.24) is 0 Å². The molecular formula is C14H13BrClFN2. The predicted molar refractivity (Wildman–Crippen MR) is 81.0 cm³/mol. The highest BCUT2D eigenvalue weighted by molar-refractivity contribution is 9.10. The Hall–Kier alpha value is -1.10. The molecule has 0 fully saturated rings. The van der Waals surface area contributed by atoms with Gasteiger partial charge in [0.1, 0.15) is 5.82 Å². The lowest BCUT2D eigenvalue weighted by molar-refractivity contribution is 0.593. The molecule has 3 N–H and O–H groups in total. The molecule has 0 saturated carbocycles. The van der Waals surface area contributed by atoms with Crippen molar-refractivity contribution >= 4 is 33.2 Å². The van der Waals surface area contributed by atoms with Crippen LogP contribution in [0.2, 0.25) is 5.02 Å². The van der Waals surface area contributed by atoms with E-state index in [4.69, 9.17) is 17.3 Å². The molecule has 1 unspecified atom stereocenters. The van der Waals surface area contributed by atoms with Gasteiger partial charge in [0.2, 0.25) is 0 Å². The Bertz CT molecular complexity index is 577. The third-order valence-corrected chi connectivity index (χ3v) is 3.47. The Labute approximate surface area is 124 Å². The van der Waals surface area contributed by atoms with Crippen LogP contribution in [-0.2, 0) is 0 Å². The molecule has 1 atom stereocenters. The van der Waals surface area contributed by atoms with Crippen LogP contribution in [0.1, 0.15) is 11.6 Å². The highest BCUT2D eigenvalue weighted by Gasteiger charge is 2.14. The fraction of sp³-hybridized carbons (Fsp3) is 0.143.